The summed E-state index contributed by atoms with van der Waals surface area (Å²) in [6.07, 6.45) is 2.80. The van der Waals surface area contributed by atoms with Gasteiger partial charge in [0.15, 0.2) is 23.5 Å². The van der Waals surface area contributed by atoms with Crippen LogP contribution in [0.15, 0.2) is 12.1 Å². The molecule has 4 N–H and O–H groups in total. The third-order valence-electron chi connectivity index (χ3n) is 2.49. The topological polar surface area (TPSA) is 95.2 Å². The molecule has 0 saturated heterocycles. The average molecular weight is 254 g/mol. The van der Waals surface area contributed by atoms with Gasteiger partial charge in [-0.25, -0.2) is 0 Å². The van der Waals surface area contributed by atoms with Gasteiger partial charge < -0.3 is 19.0 Å². The van der Waals surface area contributed by atoms with E-state index in [2.05, 4.69) is 0 Å². The van der Waals surface area contributed by atoms with E-state index in [-0.39, 0.29) is 0 Å². The number of ether oxygens (including phenoxy) is 3. The molecule has 0 fully saturated rings. The molecular formula is C11H14N2O5. The number of hydrogen-bond donors (Lipinski definition) is 3. The molecule has 7 nitrogen and oxygen atoms in total. The Hall–Kier alpha value is -1.96. The monoisotopic (exact) mass is 254 g/mol. The number of hydrogen-bond acceptors (Lipinski definition) is 7. The molecule has 2 rings (SSSR count). The highest BCUT2D eigenvalue weighted by Gasteiger charge is 2.24. The molecule has 0 amide bonds. The van der Waals surface area contributed by atoms with Crippen LogP contribution >= 0.6 is 0 Å². The van der Waals surface area contributed by atoms with Crippen LogP contribution in [0.5, 0.6) is 23.0 Å². The molecule has 0 bridgehead atoms. The lowest BCUT2D eigenvalue weighted by atomic mass is 10.1. The van der Waals surface area contributed by atoms with E-state index in [1.165, 1.54) is 14.2 Å². The van der Waals surface area contributed by atoms with Gasteiger partial charge in [-0.05, 0) is 17.8 Å². The van der Waals surface area contributed by atoms with Crippen LogP contribution < -0.4 is 30.4 Å². The van der Waals surface area contributed by atoms with Gasteiger partial charge in [0, 0.05) is 6.07 Å². The molecule has 0 spiro atoms. The summed E-state index contributed by atoms with van der Waals surface area (Å²) >= 11 is 0. The Balaban J connectivity index is 2.60. The van der Waals surface area contributed by atoms with E-state index in [0.29, 0.717) is 28.6 Å². The third-order valence-corrected chi connectivity index (χ3v) is 2.49. The maximum Gasteiger partial charge on any atom is 0.204 e. The van der Waals surface area contributed by atoms with Gasteiger partial charge in [-0.1, -0.05) is 0 Å². The number of benzene rings is 1. The molecule has 1 aromatic rings. The zero-order chi connectivity index (χ0) is 13.1. The van der Waals surface area contributed by atoms with E-state index < -0.39 is 6.23 Å². The van der Waals surface area contributed by atoms with Crippen molar-refractivity contribution in [3.8, 4) is 23.0 Å². The highest BCUT2D eigenvalue weighted by Crippen LogP contribution is 2.47. The summed E-state index contributed by atoms with van der Waals surface area (Å²) in [5.74, 6) is 1.55. The van der Waals surface area contributed by atoms with Gasteiger partial charge in [0.05, 0.1) is 19.8 Å². The fraction of sp³-hybridized carbons (Fsp3) is 0.273. The minimum absolute atomic E-state index is 0.327. The lowest BCUT2D eigenvalue weighted by Gasteiger charge is -2.23. The van der Waals surface area contributed by atoms with Crippen molar-refractivity contribution in [2.75, 3.05) is 14.2 Å². The van der Waals surface area contributed by atoms with E-state index in [9.17, 15) is 0 Å². The fourth-order valence-corrected chi connectivity index (χ4v) is 1.73. The number of methoxy groups -OCH3 is 2. The first-order chi connectivity index (χ1) is 8.71. The lowest BCUT2D eigenvalue weighted by Crippen LogP contribution is -2.27. The number of nitrogens with two attached hydrogens (primary N) is 1. The van der Waals surface area contributed by atoms with Crippen molar-refractivity contribution in [3.63, 3.8) is 0 Å². The average Bonchev–Trinajstić information content (AvgIpc) is 2.38. The maximum atomic E-state index is 8.63. The first-order valence-corrected chi connectivity index (χ1v) is 5.16. The molecule has 98 valence electrons. The van der Waals surface area contributed by atoms with Crippen LogP contribution in [0.4, 0.5) is 0 Å². The van der Waals surface area contributed by atoms with Crippen molar-refractivity contribution >= 4 is 6.08 Å². The summed E-state index contributed by atoms with van der Waals surface area (Å²) in [4.78, 5) is 4.88. The summed E-state index contributed by atoms with van der Waals surface area (Å²) in [6.45, 7) is 0. The summed E-state index contributed by atoms with van der Waals surface area (Å²) < 4.78 is 15.9. The second kappa shape index (κ2) is 5.13. The van der Waals surface area contributed by atoms with Crippen LogP contribution in [0.2, 0.25) is 0 Å². The normalized spacial score (nSPS) is 16.8. The fourth-order valence-electron chi connectivity index (χ4n) is 1.73. The smallest absolute Gasteiger partial charge is 0.204 e. The minimum atomic E-state index is -0.576. The third kappa shape index (κ3) is 2.06. The van der Waals surface area contributed by atoms with Gasteiger partial charge in [0.2, 0.25) is 5.75 Å². The van der Waals surface area contributed by atoms with Gasteiger partial charge >= 0.3 is 0 Å². The predicted octanol–water partition coefficient (Wildman–Crippen LogP) is 0.667. The van der Waals surface area contributed by atoms with Crippen LogP contribution in [0, 0.1) is 0 Å². The molecule has 0 radical (unpaired) electrons. The Labute approximate surface area is 104 Å². The molecule has 1 heterocycles. The van der Waals surface area contributed by atoms with Crippen LogP contribution in [-0.2, 0) is 0 Å². The first kappa shape index (κ1) is 12.5. The standard InChI is InChI=1S/C11H14N2O5/c1-15-8-5-7(18-13-14)6-3-4-9(12)17-10(6)11(8)16-2/h3-5,9,13-14H,12H2,1-2H3. The van der Waals surface area contributed by atoms with Gasteiger partial charge in [-0.15, -0.1) is 0 Å². The number of rotatable bonds is 4. The first-order valence-electron chi connectivity index (χ1n) is 5.16. The quantitative estimate of drug-likeness (QED) is 0.679. The highest BCUT2D eigenvalue weighted by molar-refractivity contribution is 5.73. The maximum absolute atomic E-state index is 8.63. The van der Waals surface area contributed by atoms with E-state index in [1.54, 1.807) is 23.9 Å². The second-order valence-corrected chi connectivity index (χ2v) is 3.49. The number of fused-ring (bicyclic) bond motifs is 1. The molecule has 1 aliphatic heterocycles. The minimum Gasteiger partial charge on any atom is -0.493 e. The highest BCUT2D eigenvalue weighted by atomic mass is 16.8. The van der Waals surface area contributed by atoms with E-state index in [4.69, 9.17) is 30.0 Å². The van der Waals surface area contributed by atoms with Crippen molar-refractivity contribution in [2.24, 2.45) is 5.73 Å². The SMILES string of the molecule is COc1cc(ONO)c2c(c1OC)OC(N)C=C2. The number of nitrogens with one attached hydrogen (secondary N) is 1. The molecule has 0 saturated carbocycles. The molecule has 1 atom stereocenters. The van der Waals surface area contributed by atoms with Gasteiger partial charge in [-0.2, -0.15) is 0 Å². The van der Waals surface area contributed by atoms with Crippen molar-refractivity contribution in [1.29, 1.82) is 0 Å². The molecule has 7 heteroatoms. The molecule has 1 aliphatic rings. The van der Waals surface area contributed by atoms with Crippen LogP contribution in [0.1, 0.15) is 5.56 Å². The summed E-state index contributed by atoms with van der Waals surface area (Å²) in [5, 5.41) is 8.63. The lowest BCUT2D eigenvalue weighted by molar-refractivity contribution is -0.0440. The molecule has 1 unspecified atom stereocenters. The van der Waals surface area contributed by atoms with Crippen LogP contribution in [0.3, 0.4) is 0 Å². The Bertz CT molecular complexity index is 475. The van der Waals surface area contributed by atoms with Gasteiger partial charge in [0.25, 0.3) is 0 Å². The van der Waals surface area contributed by atoms with Crippen molar-refractivity contribution in [3.05, 3.63) is 17.7 Å². The second-order valence-electron chi connectivity index (χ2n) is 3.49. The zero-order valence-corrected chi connectivity index (χ0v) is 9.97. The molecule has 0 aliphatic carbocycles. The Morgan fingerprint density at radius 3 is 2.72 bits per heavy atom. The molecule has 0 aromatic heterocycles. The van der Waals surface area contributed by atoms with Crippen LogP contribution in [0.25, 0.3) is 6.08 Å². The molecule has 1 aromatic carbocycles. The zero-order valence-electron chi connectivity index (χ0n) is 9.97. The van der Waals surface area contributed by atoms with Crippen molar-refractivity contribution in [1.82, 2.24) is 5.64 Å². The summed E-state index contributed by atoms with van der Waals surface area (Å²) in [7, 11) is 2.98. The summed E-state index contributed by atoms with van der Waals surface area (Å²) in [5.41, 5.74) is 7.89. The Morgan fingerprint density at radius 1 is 1.33 bits per heavy atom. The molecular weight excluding hydrogens is 240 g/mol. The van der Waals surface area contributed by atoms with Gasteiger partial charge in [0.1, 0.15) is 0 Å². The Kier molecular flexibility index (Phi) is 3.56. The van der Waals surface area contributed by atoms with E-state index in [0.717, 1.165) is 0 Å². The van der Waals surface area contributed by atoms with E-state index in [1.807, 2.05) is 0 Å². The van der Waals surface area contributed by atoms with Gasteiger partial charge in [-0.3, -0.25) is 10.9 Å². The molecule has 18 heavy (non-hydrogen) atoms. The van der Waals surface area contributed by atoms with E-state index >= 15 is 0 Å². The van der Waals surface area contributed by atoms with Crippen LogP contribution in [-0.4, -0.2) is 25.7 Å². The van der Waals surface area contributed by atoms with Crippen molar-refractivity contribution in [2.45, 2.75) is 6.23 Å². The van der Waals surface area contributed by atoms with Crippen molar-refractivity contribution < 1.29 is 24.3 Å². The summed E-state index contributed by atoms with van der Waals surface area (Å²) in [6, 6.07) is 1.56. The Morgan fingerprint density at radius 2 is 2.11 bits per heavy atom. The predicted molar refractivity (Wildman–Crippen MR) is 62.7 cm³/mol. The largest absolute Gasteiger partial charge is 0.493 e.